The van der Waals surface area contributed by atoms with E-state index in [2.05, 4.69) is 15.2 Å². The number of nitrogens with zero attached hydrogens (tertiary/aromatic N) is 3. The topological polar surface area (TPSA) is 99.3 Å². The molecule has 178 valence electrons. The summed E-state index contributed by atoms with van der Waals surface area (Å²) < 4.78 is 70.5. The van der Waals surface area contributed by atoms with E-state index >= 15 is 0 Å². The summed E-state index contributed by atoms with van der Waals surface area (Å²) in [6.45, 7) is -3.25. The molecule has 13 heteroatoms. The van der Waals surface area contributed by atoms with Crippen molar-refractivity contribution in [3.05, 3.63) is 75.6 Å². The van der Waals surface area contributed by atoms with Gasteiger partial charge in [-0.3, -0.25) is 14.9 Å². The van der Waals surface area contributed by atoms with Crippen molar-refractivity contribution in [1.82, 2.24) is 9.78 Å². The Morgan fingerprint density at radius 3 is 2.56 bits per heavy atom. The Hall–Kier alpha value is -4.03. The minimum absolute atomic E-state index is 0.00517. The van der Waals surface area contributed by atoms with Gasteiger partial charge in [0.25, 0.3) is 11.6 Å². The molecule has 2 aromatic carbocycles. The van der Waals surface area contributed by atoms with Gasteiger partial charge in [-0.1, -0.05) is 6.07 Å². The Morgan fingerprint density at radius 1 is 1.21 bits per heavy atom. The zero-order valence-corrected chi connectivity index (χ0v) is 17.1. The Kier molecular flexibility index (Phi) is 5.94. The summed E-state index contributed by atoms with van der Waals surface area (Å²) in [7, 11) is 0. The van der Waals surface area contributed by atoms with Crippen LogP contribution in [-0.4, -0.2) is 27.2 Å². The van der Waals surface area contributed by atoms with Gasteiger partial charge in [-0.15, -0.1) is 0 Å². The van der Waals surface area contributed by atoms with Crippen molar-refractivity contribution in [2.75, 3.05) is 5.32 Å². The summed E-state index contributed by atoms with van der Waals surface area (Å²) in [5.74, 6) is -1.48. The molecule has 1 heterocycles. The highest BCUT2D eigenvalue weighted by Gasteiger charge is 2.35. The molecule has 1 aliphatic carbocycles. The van der Waals surface area contributed by atoms with Crippen LogP contribution in [0.15, 0.2) is 48.7 Å². The standard InChI is InChI=1S/C21H15F5N4O4/c22-20(23)34-17-7-6-14(30(32)33)9-16(17)28-19(31)15-10-27-29(18(15)11-4-5-11)13-3-1-2-12(8-13)21(24,25)26/h1-3,6-11,20H,4-5H2,(H,28,31). The van der Waals surface area contributed by atoms with Gasteiger partial charge in [0.1, 0.15) is 5.75 Å². The molecule has 4 rings (SSSR count). The molecule has 0 atom stereocenters. The fourth-order valence-corrected chi connectivity index (χ4v) is 3.42. The number of rotatable bonds is 7. The summed E-state index contributed by atoms with van der Waals surface area (Å²) >= 11 is 0. The number of halogens is 5. The molecule has 1 saturated carbocycles. The number of ether oxygens (including phenoxy) is 1. The summed E-state index contributed by atoms with van der Waals surface area (Å²) in [6, 6.07) is 7.16. The molecule has 1 fully saturated rings. The molecule has 0 radical (unpaired) electrons. The van der Waals surface area contributed by atoms with Crippen LogP contribution >= 0.6 is 0 Å². The number of aromatic nitrogens is 2. The van der Waals surface area contributed by atoms with Crippen molar-refractivity contribution < 1.29 is 36.4 Å². The molecule has 34 heavy (non-hydrogen) atoms. The number of carbonyl (C=O) groups is 1. The van der Waals surface area contributed by atoms with Crippen LogP contribution < -0.4 is 10.1 Å². The zero-order valence-electron chi connectivity index (χ0n) is 17.1. The SMILES string of the molecule is O=C(Nc1cc([N+](=O)[O-])ccc1OC(F)F)c1cnn(-c2cccc(C(F)(F)F)c2)c1C1CC1. The number of non-ortho nitro benzene ring substituents is 1. The third kappa shape index (κ3) is 4.82. The van der Waals surface area contributed by atoms with Crippen LogP contribution in [0.5, 0.6) is 5.75 Å². The number of nitro benzene ring substituents is 1. The molecule has 0 aliphatic heterocycles. The Morgan fingerprint density at radius 2 is 1.94 bits per heavy atom. The van der Waals surface area contributed by atoms with Crippen molar-refractivity contribution in [1.29, 1.82) is 0 Å². The van der Waals surface area contributed by atoms with Gasteiger partial charge in [0.05, 0.1) is 39.3 Å². The lowest BCUT2D eigenvalue weighted by Crippen LogP contribution is -2.16. The molecule has 1 aliphatic rings. The van der Waals surface area contributed by atoms with E-state index in [-0.39, 0.29) is 22.9 Å². The first-order valence-electron chi connectivity index (χ1n) is 9.84. The van der Waals surface area contributed by atoms with Gasteiger partial charge in [-0.05, 0) is 37.1 Å². The lowest BCUT2D eigenvalue weighted by atomic mass is 10.1. The Bertz CT molecular complexity index is 1250. The minimum Gasteiger partial charge on any atom is -0.433 e. The first-order chi connectivity index (χ1) is 16.0. The van der Waals surface area contributed by atoms with Crippen LogP contribution in [0.25, 0.3) is 5.69 Å². The van der Waals surface area contributed by atoms with Crippen LogP contribution in [0.2, 0.25) is 0 Å². The maximum absolute atomic E-state index is 13.1. The molecule has 0 spiro atoms. The van der Waals surface area contributed by atoms with E-state index in [1.807, 2.05) is 0 Å². The fraction of sp³-hybridized carbons (Fsp3) is 0.238. The molecule has 1 aromatic heterocycles. The molecule has 0 bridgehead atoms. The number of hydrogen-bond acceptors (Lipinski definition) is 5. The second kappa shape index (κ2) is 8.72. The summed E-state index contributed by atoms with van der Waals surface area (Å²) in [5, 5.41) is 17.5. The number of amides is 1. The number of carbonyl (C=O) groups excluding carboxylic acids is 1. The van der Waals surface area contributed by atoms with Crippen LogP contribution in [0.4, 0.5) is 33.3 Å². The highest BCUT2D eigenvalue weighted by Crippen LogP contribution is 2.43. The predicted molar refractivity (Wildman–Crippen MR) is 108 cm³/mol. The minimum atomic E-state index is -4.58. The van der Waals surface area contributed by atoms with Crippen LogP contribution in [0.1, 0.15) is 40.4 Å². The second-order valence-corrected chi connectivity index (χ2v) is 7.45. The van der Waals surface area contributed by atoms with Crippen molar-refractivity contribution in [2.45, 2.75) is 31.5 Å². The fourth-order valence-electron chi connectivity index (χ4n) is 3.42. The number of benzene rings is 2. The van der Waals surface area contributed by atoms with Gasteiger partial charge in [0, 0.05) is 18.1 Å². The summed E-state index contributed by atoms with van der Waals surface area (Å²) in [6.07, 6.45) is -2.09. The molecule has 0 unspecified atom stereocenters. The molecular weight excluding hydrogens is 467 g/mol. The van der Waals surface area contributed by atoms with E-state index < -0.39 is 40.6 Å². The van der Waals surface area contributed by atoms with E-state index in [1.165, 1.54) is 16.8 Å². The molecule has 3 aromatic rings. The molecule has 0 saturated heterocycles. The third-order valence-corrected chi connectivity index (χ3v) is 5.07. The van der Waals surface area contributed by atoms with Crippen molar-refractivity contribution in [3.63, 3.8) is 0 Å². The Balaban J connectivity index is 1.71. The van der Waals surface area contributed by atoms with Crippen LogP contribution in [0, 0.1) is 10.1 Å². The first kappa shape index (κ1) is 23.1. The molecule has 1 amide bonds. The normalized spacial score (nSPS) is 13.7. The highest BCUT2D eigenvalue weighted by molar-refractivity contribution is 6.06. The number of hydrogen-bond donors (Lipinski definition) is 1. The van der Waals surface area contributed by atoms with Gasteiger partial charge in [0.15, 0.2) is 0 Å². The number of nitro groups is 1. The smallest absolute Gasteiger partial charge is 0.416 e. The van der Waals surface area contributed by atoms with Crippen molar-refractivity contribution in [3.8, 4) is 11.4 Å². The number of anilines is 1. The number of alkyl halides is 5. The molecular formula is C21H15F5N4O4. The largest absolute Gasteiger partial charge is 0.433 e. The van der Waals surface area contributed by atoms with Gasteiger partial charge >= 0.3 is 12.8 Å². The monoisotopic (exact) mass is 482 g/mol. The molecule has 8 nitrogen and oxygen atoms in total. The Labute approximate surface area is 188 Å². The summed E-state index contributed by atoms with van der Waals surface area (Å²) in [5.41, 5.74) is -1.30. The van der Waals surface area contributed by atoms with Gasteiger partial charge in [-0.2, -0.15) is 27.1 Å². The molecule has 1 N–H and O–H groups in total. The third-order valence-electron chi connectivity index (χ3n) is 5.07. The van der Waals surface area contributed by atoms with E-state index in [9.17, 15) is 36.9 Å². The second-order valence-electron chi connectivity index (χ2n) is 7.45. The van der Waals surface area contributed by atoms with Gasteiger partial charge < -0.3 is 10.1 Å². The van der Waals surface area contributed by atoms with Gasteiger partial charge in [-0.25, -0.2) is 4.68 Å². The van der Waals surface area contributed by atoms with Crippen LogP contribution in [0.3, 0.4) is 0 Å². The van der Waals surface area contributed by atoms with Crippen LogP contribution in [-0.2, 0) is 6.18 Å². The van der Waals surface area contributed by atoms with Crippen molar-refractivity contribution in [2.24, 2.45) is 0 Å². The summed E-state index contributed by atoms with van der Waals surface area (Å²) in [4.78, 5) is 23.3. The van der Waals surface area contributed by atoms with E-state index in [0.717, 1.165) is 36.5 Å². The maximum Gasteiger partial charge on any atom is 0.416 e. The van der Waals surface area contributed by atoms with E-state index in [4.69, 9.17) is 0 Å². The maximum atomic E-state index is 13.1. The lowest BCUT2D eigenvalue weighted by molar-refractivity contribution is -0.384. The highest BCUT2D eigenvalue weighted by atomic mass is 19.4. The quantitative estimate of drug-likeness (QED) is 0.271. The lowest BCUT2D eigenvalue weighted by Gasteiger charge is -2.13. The first-order valence-corrected chi connectivity index (χ1v) is 9.84. The van der Waals surface area contributed by atoms with Crippen molar-refractivity contribution >= 4 is 17.3 Å². The average molecular weight is 482 g/mol. The average Bonchev–Trinajstić information content (AvgIpc) is 3.51. The van der Waals surface area contributed by atoms with Gasteiger partial charge in [0.2, 0.25) is 0 Å². The number of nitrogens with one attached hydrogen (secondary N) is 1. The van der Waals surface area contributed by atoms with E-state index in [0.29, 0.717) is 18.5 Å². The zero-order chi connectivity index (χ0) is 24.6. The predicted octanol–water partition coefficient (Wildman–Crippen LogP) is 5.53. The van der Waals surface area contributed by atoms with E-state index in [1.54, 1.807) is 0 Å².